The highest BCUT2D eigenvalue weighted by atomic mass is 32.1. The number of amides is 3. The van der Waals surface area contributed by atoms with E-state index in [0.29, 0.717) is 23.5 Å². The van der Waals surface area contributed by atoms with Crippen LogP contribution in [0.15, 0.2) is 53.9 Å². The van der Waals surface area contributed by atoms with Crippen LogP contribution in [0.2, 0.25) is 0 Å². The van der Waals surface area contributed by atoms with E-state index in [0.717, 1.165) is 12.0 Å². The van der Waals surface area contributed by atoms with Gasteiger partial charge in [0.25, 0.3) is 17.7 Å². The molecule has 3 N–H and O–H groups in total. The number of benzene rings is 1. The van der Waals surface area contributed by atoms with Crippen LogP contribution in [-0.4, -0.2) is 45.4 Å². The predicted octanol–water partition coefficient (Wildman–Crippen LogP) is 2.20. The van der Waals surface area contributed by atoms with E-state index in [4.69, 9.17) is 0 Å². The summed E-state index contributed by atoms with van der Waals surface area (Å²) in [5.74, 6) is -1.09. The molecule has 0 radical (unpaired) electrons. The summed E-state index contributed by atoms with van der Waals surface area (Å²) in [6.07, 6.45) is 1.30. The smallest absolute Gasteiger partial charge is 0.287 e. The number of thiophene rings is 1. The van der Waals surface area contributed by atoms with Gasteiger partial charge in [0.1, 0.15) is 11.7 Å². The number of likely N-dealkylation sites (tertiary alicyclic amines) is 1. The van der Waals surface area contributed by atoms with Crippen molar-refractivity contribution < 1.29 is 14.4 Å². The fraction of sp³-hybridized carbons (Fsp3) is 0.200. The fourth-order valence-electron chi connectivity index (χ4n) is 3.29. The van der Waals surface area contributed by atoms with E-state index in [1.165, 1.54) is 11.3 Å². The number of hydrogen-bond donors (Lipinski definition) is 3. The number of aromatic amines is 1. The highest BCUT2D eigenvalue weighted by Gasteiger charge is 2.35. The van der Waals surface area contributed by atoms with Crippen molar-refractivity contribution in [1.82, 2.24) is 25.9 Å². The quantitative estimate of drug-likeness (QED) is 0.574. The Labute approximate surface area is 170 Å². The monoisotopic (exact) mass is 409 g/mol. The van der Waals surface area contributed by atoms with Gasteiger partial charge in [0.2, 0.25) is 0 Å². The zero-order chi connectivity index (χ0) is 20.2. The number of carbonyl (C=O) groups is 3. The number of hydrogen-bond acceptors (Lipinski definition) is 5. The minimum Gasteiger partial charge on any atom is -0.326 e. The molecule has 0 bridgehead atoms. The molecule has 0 saturated carbocycles. The number of nitrogens with zero attached hydrogens (tertiary/aromatic N) is 2. The molecule has 4 rings (SSSR count). The second-order valence-corrected chi connectivity index (χ2v) is 7.56. The van der Waals surface area contributed by atoms with Gasteiger partial charge in [-0.3, -0.25) is 30.3 Å². The first kappa shape index (κ1) is 18.9. The van der Waals surface area contributed by atoms with Crippen LogP contribution in [0.4, 0.5) is 0 Å². The molecule has 9 heteroatoms. The Bertz CT molecular complexity index is 1020. The second-order valence-electron chi connectivity index (χ2n) is 6.61. The molecule has 3 heterocycles. The number of aromatic nitrogens is 2. The van der Waals surface area contributed by atoms with E-state index >= 15 is 0 Å². The molecule has 148 valence electrons. The Morgan fingerprint density at radius 2 is 1.93 bits per heavy atom. The van der Waals surface area contributed by atoms with E-state index in [9.17, 15) is 14.4 Å². The third kappa shape index (κ3) is 4.04. The topological polar surface area (TPSA) is 107 Å². The molecule has 1 atom stereocenters. The van der Waals surface area contributed by atoms with Crippen molar-refractivity contribution in [1.29, 1.82) is 0 Å². The SMILES string of the molecule is O=C(NNC(=O)C1CCCN1C(=O)c1cccs1)c1cc(-c2ccccc2)n[nH]1. The first-order chi connectivity index (χ1) is 14.1. The van der Waals surface area contributed by atoms with Gasteiger partial charge in [0.05, 0.1) is 10.6 Å². The molecule has 8 nitrogen and oxygen atoms in total. The molecule has 29 heavy (non-hydrogen) atoms. The molecule has 2 aromatic heterocycles. The zero-order valence-electron chi connectivity index (χ0n) is 15.4. The van der Waals surface area contributed by atoms with Crippen molar-refractivity contribution in [2.75, 3.05) is 6.54 Å². The van der Waals surface area contributed by atoms with Crippen LogP contribution in [-0.2, 0) is 4.79 Å². The van der Waals surface area contributed by atoms with Gasteiger partial charge in [-0.05, 0) is 30.4 Å². The van der Waals surface area contributed by atoms with Crippen LogP contribution < -0.4 is 10.9 Å². The summed E-state index contributed by atoms with van der Waals surface area (Å²) in [5.41, 5.74) is 6.54. The summed E-state index contributed by atoms with van der Waals surface area (Å²) in [4.78, 5) is 39.6. The van der Waals surface area contributed by atoms with Crippen molar-refractivity contribution in [3.63, 3.8) is 0 Å². The van der Waals surface area contributed by atoms with E-state index < -0.39 is 17.9 Å². The van der Waals surface area contributed by atoms with Crippen LogP contribution >= 0.6 is 11.3 Å². The first-order valence-electron chi connectivity index (χ1n) is 9.19. The molecule has 1 fully saturated rings. The van der Waals surface area contributed by atoms with Gasteiger partial charge in [-0.15, -0.1) is 11.3 Å². The molecule has 1 saturated heterocycles. The Morgan fingerprint density at radius 1 is 1.10 bits per heavy atom. The lowest BCUT2D eigenvalue weighted by atomic mass is 10.1. The standard InChI is InChI=1S/C20H19N5O3S/c26-18(15-12-14(21-22-15)13-6-2-1-3-7-13)23-24-19(27)16-8-4-10-25(16)20(28)17-9-5-11-29-17/h1-3,5-7,9,11-12,16H,4,8,10H2,(H,21,22)(H,23,26)(H,24,27). The zero-order valence-corrected chi connectivity index (χ0v) is 16.2. The summed E-state index contributed by atoms with van der Waals surface area (Å²) in [6.45, 7) is 0.518. The van der Waals surface area contributed by atoms with Crippen molar-refractivity contribution in [3.05, 3.63) is 64.5 Å². The van der Waals surface area contributed by atoms with Gasteiger partial charge in [-0.2, -0.15) is 5.10 Å². The third-order valence-electron chi connectivity index (χ3n) is 4.74. The van der Waals surface area contributed by atoms with E-state index in [2.05, 4.69) is 21.0 Å². The predicted molar refractivity (Wildman–Crippen MR) is 108 cm³/mol. The molecule has 3 aromatic rings. The maximum atomic E-state index is 12.6. The Balaban J connectivity index is 1.36. The average Bonchev–Trinajstić information content (AvgIpc) is 3.52. The number of nitrogens with one attached hydrogen (secondary N) is 3. The van der Waals surface area contributed by atoms with Gasteiger partial charge in [0, 0.05) is 12.1 Å². The van der Waals surface area contributed by atoms with Gasteiger partial charge >= 0.3 is 0 Å². The lowest BCUT2D eigenvalue weighted by molar-refractivity contribution is -0.125. The lowest BCUT2D eigenvalue weighted by Gasteiger charge is -2.23. The van der Waals surface area contributed by atoms with Crippen LogP contribution in [0.1, 0.15) is 33.0 Å². The summed E-state index contributed by atoms with van der Waals surface area (Å²) in [7, 11) is 0. The van der Waals surface area contributed by atoms with Crippen LogP contribution in [0.25, 0.3) is 11.3 Å². The molecule has 1 unspecified atom stereocenters. The first-order valence-corrected chi connectivity index (χ1v) is 10.1. The molecular weight excluding hydrogens is 390 g/mol. The second kappa shape index (κ2) is 8.27. The largest absolute Gasteiger partial charge is 0.326 e. The van der Waals surface area contributed by atoms with Gasteiger partial charge in [-0.1, -0.05) is 36.4 Å². The Morgan fingerprint density at radius 3 is 2.69 bits per heavy atom. The van der Waals surface area contributed by atoms with E-state index in [1.807, 2.05) is 35.7 Å². The Hall–Kier alpha value is -3.46. The molecule has 1 aromatic carbocycles. The highest BCUT2D eigenvalue weighted by Crippen LogP contribution is 2.22. The van der Waals surface area contributed by atoms with Crippen molar-refractivity contribution >= 4 is 29.1 Å². The van der Waals surface area contributed by atoms with E-state index in [-0.39, 0.29) is 11.6 Å². The number of hydrazine groups is 1. The average molecular weight is 409 g/mol. The highest BCUT2D eigenvalue weighted by molar-refractivity contribution is 7.12. The summed E-state index contributed by atoms with van der Waals surface area (Å²) >= 11 is 1.34. The molecular formula is C20H19N5O3S. The van der Waals surface area contributed by atoms with Crippen molar-refractivity contribution in [3.8, 4) is 11.3 Å². The summed E-state index contributed by atoms with van der Waals surface area (Å²) < 4.78 is 0. The third-order valence-corrected chi connectivity index (χ3v) is 5.60. The fourth-order valence-corrected chi connectivity index (χ4v) is 3.97. The van der Waals surface area contributed by atoms with Crippen LogP contribution in [0, 0.1) is 0 Å². The summed E-state index contributed by atoms with van der Waals surface area (Å²) in [6, 6.07) is 14.0. The van der Waals surface area contributed by atoms with Gasteiger partial charge in [-0.25, -0.2) is 0 Å². The minimum absolute atomic E-state index is 0.162. The normalized spacial score (nSPS) is 15.9. The summed E-state index contributed by atoms with van der Waals surface area (Å²) in [5, 5.41) is 8.62. The Kier molecular flexibility index (Phi) is 5.39. The molecule has 1 aliphatic rings. The van der Waals surface area contributed by atoms with Crippen molar-refractivity contribution in [2.24, 2.45) is 0 Å². The van der Waals surface area contributed by atoms with Crippen LogP contribution in [0.3, 0.4) is 0 Å². The van der Waals surface area contributed by atoms with Gasteiger partial charge < -0.3 is 4.90 Å². The van der Waals surface area contributed by atoms with Gasteiger partial charge in [0.15, 0.2) is 0 Å². The number of carbonyl (C=O) groups excluding carboxylic acids is 3. The molecule has 3 amide bonds. The molecule has 1 aliphatic heterocycles. The number of rotatable bonds is 4. The maximum Gasteiger partial charge on any atom is 0.287 e. The minimum atomic E-state index is -0.605. The maximum absolute atomic E-state index is 12.6. The molecule has 0 spiro atoms. The van der Waals surface area contributed by atoms with Crippen LogP contribution in [0.5, 0.6) is 0 Å². The lowest BCUT2D eigenvalue weighted by Crippen LogP contribution is -2.51. The van der Waals surface area contributed by atoms with E-state index in [1.54, 1.807) is 23.1 Å². The number of H-pyrrole nitrogens is 1. The molecule has 0 aliphatic carbocycles. The van der Waals surface area contributed by atoms with Crippen molar-refractivity contribution in [2.45, 2.75) is 18.9 Å².